The minimum absolute atomic E-state index is 0.0529. The SMILES string of the molecule is O=C(CCCNC(=O)c1ccnc(F)c1F)NC1CC1. The second kappa shape index (κ2) is 6.40. The minimum Gasteiger partial charge on any atom is -0.353 e. The first-order chi connectivity index (χ1) is 9.58. The van der Waals surface area contributed by atoms with Crippen LogP contribution in [0.3, 0.4) is 0 Å². The van der Waals surface area contributed by atoms with E-state index in [2.05, 4.69) is 15.6 Å². The summed E-state index contributed by atoms with van der Waals surface area (Å²) in [6.07, 6.45) is 3.81. The highest BCUT2D eigenvalue weighted by molar-refractivity contribution is 5.94. The van der Waals surface area contributed by atoms with E-state index in [1.54, 1.807) is 0 Å². The fourth-order valence-corrected chi connectivity index (χ4v) is 1.67. The van der Waals surface area contributed by atoms with Gasteiger partial charge in [0.15, 0.2) is 5.82 Å². The molecule has 20 heavy (non-hydrogen) atoms. The molecule has 1 heterocycles. The molecule has 1 aromatic heterocycles. The molecule has 2 N–H and O–H groups in total. The molecular weight excluding hydrogens is 268 g/mol. The van der Waals surface area contributed by atoms with Crippen molar-refractivity contribution in [1.29, 1.82) is 0 Å². The van der Waals surface area contributed by atoms with E-state index in [-0.39, 0.29) is 18.0 Å². The number of nitrogens with one attached hydrogen (secondary N) is 2. The van der Waals surface area contributed by atoms with Gasteiger partial charge < -0.3 is 10.6 Å². The Morgan fingerprint density at radius 1 is 1.35 bits per heavy atom. The van der Waals surface area contributed by atoms with E-state index in [0.29, 0.717) is 18.9 Å². The highest BCUT2D eigenvalue weighted by Crippen LogP contribution is 2.18. The van der Waals surface area contributed by atoms with E-state index >= 15 is 0 Å². The van der Waals surface area contributed by atoms with Gasteiger partial charge in [0, 0.05) is 25.2 Å². The van der Waals surface area contributed by atoms with Crippen molar-refractivity contribution in [3.63, 3.8) is 0 Å². The molecule has 0 atom stereocenters. The van der Waals surface area contributed by atoms with Crippen LogP contribution >= 0.6 is 0 Å². The largest absolute Gasteiger partial charge is 0.353 e. The van der Waals surface area contributed by atoms with Gasteiger partial charge in [0.2, 0.25) is 11.9 Å². The number of aromatic nitrogens is 1. The van der Waals surface area contributed by atoms with E-state index in [9.17, 15) is 18.4 Å². The van der Waals surface area contributed by atoms with E-state index < -0.39 is 17.7 Å². The fraction of sp³-hybridized carbons (Fsp3) is 0.462. The second-order valence-corrected chi connectivity index (χ2v) is 4.66. The average molecular weight is 283 g/mol. The number of carbonyl (C=O) groups excluding carboxylic acids is 2. The Bertz CT molecular complexity index is 518. The molecular formula is C13H15F2N3O2. The second-order valence-electron chi connectivity index (χ2n) is 4.66. The van der Waals surface area contributed by atoms with Crippen molar-refractivity contribution in [2.75, 3.05) is 6.54 Å². The summed E-state index contributed by atoms with van der Waals surface area (Å²) in [5.41, 5.74) is -0.389. The lowest BCUT2D eigenvalue weighted by molar-refractivity contribution is -0.121. The summed E-state index contributed by atoms with van der Waals surface area (Å²) in [7, 11) is 0. The van der Waals surface area contributed by atoms with Gasteiger partial charge in [-0.1, -0.05) is 0 Å². The van der Waals surface area contributed by atoms with E-state index in [1.165, 1.54) is 0 Å². The molecule has 0 aromatic carbocycles. The predicted molar refractivity (Wildman–Crippen MR) is 66.9 cm³/mol. The highest BCUT2D eigenvalue weighted by atomic mass is 19.2. The van der Waals surface area contributed by atoms with Crippen LogP contribution in [0.15, 0.2) is 12.3 Å². The van der Waals surface area contributed by atoms with Gasteiger partial charge in [-0.3, -0.25) is 9.59 Å². The summed E-state index contributed by atoms with van der Waals surface area (Å²) in [6, 6.07) is 1.42. The number of hydrogen-bond donors (Lipinski definition) is 2. The quantitative estimate of drug-likeness (QED) is 0.607. The molecule has 1 aliphatic carbocycles. The lowest BCUT2D eigenvalue weighted by Crippen LogP contribution is -2.29. The summed E-state index contributed by atoms with van der Waals surface area (Å²) in [6.45, 7) is 0.223. The van der Waals surface area contributed by atoms with Gasteiger partial charge in [0.1, 0.15) is 0 Å². The standard InChI is InChI=1S/C13H15F2N3O2/c14-11-9(5-7-16-12(11)15)13(20)17-6-1-2-10(19)18-8-3-4-8/h5,7-8H,1-4,6H2,(H,17,20)(H,18,19). The Morgan fingerprint density at radius 3 is 2.80 bits per heavy atom. The molecule has 7 heteroatoms. The number of halogens is 2. The van der Waals surface area contributed by atoms with Crippen molar-refractivity contribution >= 4 is 11.8 Å². The summed E-state index contributed by atoms with van der Waals surface area (Å²) in [5, 5.41) is 5.26. The third kappa shape index (κ3) is 3.97. The number of hydrogen-bond acceptors (Lipinski definition) is 3. The normalized spacial score (nSPS) is 13.9. The van der Waals surface area contributed by atoms with Crippen LogP contribution in [-0.2, 0) is 4.79 Å². The zero-order valence-electron chi connectivity index (χ0n) is 10.8. The van der Waals surface area contributed by atoms with Crippen LogP contribution in [0, 0.1) is 11.8 Å². The lowest BCUT2D eigenvalue weighted by atomic mass is 10.2. The molecule has 108 valence electrons. The zero-order chi connectivity index (χ0) is 14.5. The Labute approximate surface area is 114 Å². The van der Waals surface area contributed by atoms with Gasteiger partial charge in [0.05, 0.1) is 5.56 Å². The van der Waals surface area contributed by atoms with E-state index in [4.69, 9.17) is 0 Å². The molecule has 5 nitrogen and oxygen atoms in total. The lowest BCUT2D eigenvalue weighted by Gasteiger charge is -2.06. The average Bonchev–Trinajstić information content (AvgIpc) is 3.21. The van der Waals surface area contributed by atoms with Crippen molar-refractivity contribution < 1.29 is 18.4 Å². The fourth-order valence-electron chi connectivity index (χ4n) is 1.67. The first kappa shape index (κ1) is 14.4. The summed E-state index contributed by atoms with van der Waals surface area (Å²) < 4.78 is 26.1. The molecule has 2 amide bonds. The first-order valence-corrected chi connectivity index (χ1v) is 6.45. The van der Waals surface area contributed by atoms with Crippen molar-refractivity contribution in [3.05, 3.63) is 29.6 Å². The molecule has 0 aliphatic heterocycles. The van der Waals surface area contributed by atoms with E-state index in [0.717, 1.165) is 25.1 Å². The number of pyridine rings is 1. The van der Waals surface area contributed by atoms with Crippen molar-refractivity contribution in [2.24, 2.45) is 0 Å². The van der Waals surface area contributed by atoms with Crippen LogP contribution in [0.25, 0.3) is 0 Å². The number of amides is 2. The molecule has 1 fully saturated rings. The van der Waals surface area contributed by atoms with Gasteiger partial charge in [0.25, 0.3) is 5.91 Å². The zero-order valence-corrected chi connectivity index (χ0v) is 10.8. The van der Waals surface area contributed by atoms with Crippen molar-refractivity contribution in [2.45, 2.75) is 31.7 Å². The van der Waals surface area contributed by atoms with Gasteiger partial charge >= 0.3 is 0 Å². The van der Waals surface area contributed by atoms with Crippen LogP contribution in [0.4, 0.5) is 8.78 Å². The van der Waals surface area contributed by atoms with Crippen LogP contribution in [0.2, 0.25) is 0 Å². The maximum atomic E-state index is 13.3. The summed E-state index contributed by atoms with van der Waals surface area (Å²) >= 11 is 0. The number of carbonyl (C=O) groups is 2. The van der Waals surface area contributed by atoms with Gasteiger partial charge in [-0.2, -0.15) is 4.39 Å². The highest BCUT2D eigenvalue weighted by Gasteiger charge is 2.22. The first-order valence-electron chi connectivity index (χ1n) is 6.45. The topological polar surface area (TPSA) is 71.1 Å². The Balaban J connectivity index is 1.71. The van der Waals surface area contributed by atoms with E-state index in [1.807, 2.05) is 0 Å². The Morgan fingerprint density at radius 2 is 2.10 bits per heavy atom. The summed E-state index contributed by atoms with van der Waals surface area (Å²) in [4.78, 5) is 26.1. The molecule has 0 unspecified atom stereocenters. The molecule has 2 rings (SSSR count). The smallest absolute Gasteiger partial charge is 0.254 e. The summed E-state index contributed by atoms with van der Waals surface area (Å²) in [5.74, 6) is -3.34. The molecule has 1 saturated carbocycles. The monoisotopic (exact) mass is 283 g/mol. The van der Waals surface area contributed by atoms with Crippen LogP contribution in [-0.4, -0.2) is 29.4 Å². The Hall–Kier alpha value is -2.05. The van der Waals surface area contributed by atoms with Crippen LogP contribution in [0.5, 0.6) is 0 Å². The van der Waals surface area contributed by atoms with Crippen LogP contribution < -0.4 is 10.6 Å². The molecule has 0 saturated heterocycles. The minimum atomic E-state index is -1.30. The number of nitrogens with zero attached hydrogens (tertiary/aromatic N) is 1. The number of rotatable bonds is 6. The molecule has 1 aromatic rings. The van der Waals surface area contributed by atoms with Gasteiger partial charge in [-0.25, -0.2) is 9.37 Å². The van der Waals surface area contributed by atoms with Crippen molar-refractivity contribution in [3.8, 4) is 0 Å². The van der Waals surface area contributed by atoms with Gasteiger partial charge in [-0.05, 0) is 25.3 Å². The third-order valence-corrected chi connectivity index (χ3v) is 2.90. The maximum Gasteiger partial charge on any atom is 0.254 e. The predicted octanol–water partition coefficient (Wildman–Crippen LogP) is 1.15. The van der Waals surface area contributed by atoms with Crippen molar-refractivity contribution in [1.82, 2.24) is 15.6 Å². The Kier molecular flexibility index (Phi) is 4.60. The molecule has 1 aliphatic rings. The molecule has 0 spiro atoms. The molecule has 0 bridgehead atoms. The maximum absolute atomic E-state index is 13.3. The van der Waals surface area contributed by atoms with Crippen LogP contribution in [0.1, 0.15) is 36.0 Å². The third-order valence-electron chi connectivity index (χ3n) is 2.90. The van der Waals surface area contributed by atoms with Gasteiger partial charge in [-0.15, -0.1) is 0 Å². The molecule has 0 radical (unpaired) electrons.